The smallest absolute Gasteiger partial charge is 0.338 e. The fourth-order valence-electron chi connectivity index (χ4n) is 1.67. The van der Waals surface area contributed by atoms with Gasteiger partial charge in [-0.3, -0.25) is 0 Å². The molecule has 6 heteroatoms. The standard InChI is InChI=1S/C15H13BrFNO3/c1-20-11-3-4-12(16)10(6-11)8-21-15(19)9-2-5-14(18)13(17)7-9/h2-7H,8,18H2,1H3. The van der Waals surface area contributed by atoms with Crippen molar-refractivity contribution in [1.29, 1.82) is 0 Å². The van der Waals surface area contributed by atoms with E-state index in [1.54, 1.807) is 25.3 Å². The van der Waals surface area contributed by atoms with Gasteiger partial charge in [0.15, 0.2) is 0 Å². The molecule has 0 unspecified atom stereocenters. The van der Waals surface area contributed by atoms with Crippen LogP contribution in [0.3, 0.4) is 0 Å². The number of benzene rings is 2. The molecular formula is C15H13BrFNO3. The molecule has 0 fully saturated rings. The quantitative estimate of drug-likeness (QED) is 0.674. The van der Waals surface area contributed by atoms with E-state index in [-0.39, 0.29) is 17.9 Å². The molecule has 2 aromatic carbocycles. The zero-order valence-electron chi connectivity index (χ0n) is 11.2. The van der Waals surface area contributed by atoms with Crippen LogP contribution in [0.1, 0.15) is 15.9 Å². The Labute approximate surface area is 129 Å². The molecule has 21 heavy (non-hydrogen) atoms. The van der Waals surface area contributed by atoms with Crippen LogP contribution < -0.4 is 10.5 Å². The molecule has 2 aromatic rings. The van der Waals surface area contributed by atoms with Gasteiger partial charge in [-0.2, -0.15) is 0 Å². The Bertz CT molecular complexity index is 676. The summed E-state index contributed by atoms with van der Waals surface area (Å²) in [7, 11) is 1.55. The van der Waals surface area contributed by atoms with E-state index in [1.165, 1.54) is 12.1 Å². The predicted molar refractivity (Wildman–Crippen MR) is 80.6 cm³/mol. The van der Waals surface area contributed by atoms with Gasteiger partial charge in [0.05, 0.1) is 18.4 Å². The number of ether oxygens (including phenoxy) is 2. The molecule has 2 rings (SSSR count). The number of esters is 1. The molecule has 0 saturated heterocycles. The highest BCUT2D eigenvalue weighted by Gasteiger charge is 2.11. The van der Waals surface area contributed by atoms with Crippen molar-refractivity contribution < 1.29 is 18.7 Å². The summed E-state index contributed by atoms with van der Waals surface area (Å²) in [6, 6.07) is 9.13. The Morgan fingerprint density at radius 2 is 2.05 bits per heavy atom. The van der Waals surface area contributed by atoms with Gasteiger partial charge in [0.1, 0.15) is 18.2 Å². The zero-order valence-corrected chi connectivity index (χ0v) is 12.8. The number of hydrogen-bond acceptors (Lipinski definition) is 4. The summed E-state index contributed by atoms with van der Waals surface area (Å²) in [5, 5.41) is 0. The van der Waals surface area contributed by atoms with Gasteiger partial charge in [-0.25, -0.2) is 9.18 Å². The van der Waals surface area contributed by atoms with E-state index in [9.17, 15) is 9.18 Å². The molecule has 0 aliphatic rings. The van der Waals surface area contributed by atoms with Crippen molar-refractivity contribution in [3.63, 3.8) is 0 Å². The molecule has 0 atom stereocenters. The Kier molecular flexibility index (Phi) is 4.80. The summed E-state index contributed by atoms with van der Waals surface area (Å²) in [5.41, 5.74) is 6.21. The van der Waals surface area contributed by atoms with Crippen molar-refractivity contribution in [2.45, 2.75) is 6.61 Å². The number of nitrogen functional groups attached to an aromatic ring is 1. The summed E-state index contributed by atoms with van der Waals surface area (Å²) >= 11 is 3.36. The van der Waals surface area contributed by atoms with Crippen LogP contribution in [0, 0.1) is 5.82 Å². The highest BCUT2D eigenvalue weighted by molar-refractivity contribution is 9.10. The largest absolute Gasteiger partial charge is 0.497 e. The number of carbonyl (C=O) groups excluding carboxylic acids is 1. The highest BCUT2D eigenvalue weighted by atomic mass is 79.9. The molecule has 110 valence electrons. The van der Waals surface area contributed by atoms with Gasteiger partial charge in [-0.1, -0.05) is 15.9 Å². The number of anilines is 1. The fourth-order valence-corrected chi connectivity index (χ4v) is 2.03. The summed E-state index contributed by atoms with van der Waals surface area (Å²) < 4.78 is 24.4. The lowest BCUT2D eigenvalue weighted by Gasteiger charge is -2.09. The first-order chi connectivity index (χ1) is 10.0. The summed E-state index contributed by atoms with van der Waals surface area (Å²) in [6.45, 7) is 0.0443. The van der Waals surface area contributed by atoms with Gasteiger partial charge >= 0.3 is 5.97 Å². The second-order valence-corrected chi connectivity index (χ2v) is 5.12. The molecule has 0 spiro atoms. The first kappa shape index (κ1) is 15.3. The fraction of sp³-hybridized carbons (Fsp3) is 0.133. The van der Waals surface area contributed by atoms with Crippen molar-refractivity contribution in [2.75, 3.05) is 12.8 Å². The maximum Gasteiger partial charge on any atom is 0.338 e. The van der Waals surface area contributed by atoms with Crippen molar-refractivity contribution in [1.82, 2.24) is 0 Å². The maximum absolute atomic E-state index is 13.3. The second kappa shape index (κ2) is 6.58. The molecule has 4 nitrogen and oxygen atoms in total. The Morgan fingerprint density at radius 1 is 1.29 bits per heavy atom. The van der Waals surface area contributed by atoms with Crippen molar-refractivity contribution in [3.05, 3.63) is 57.8 Å². The third-order valence-corrected chi connectivity index (χ3v) is 3.62. The molecule has 0 aromatic heterocycles. The molecular weight excluding hydrogens is 341 g/mol. The number of methoxy groups -OCH3 is 1. The average Bonchev–Trinajstić information content (AvgIpc) is 2.49. The lowest BCUT2D eigenvalue weighted by molar-refractivity contribution is 0.0471. The van der Waals surface area contributed by atoms with Crippen LogP contribution >= 0.6 is 15.9 Å². The second-order valence-electron chi connectivity index (χ2n) is 4.27. The van der Waals surface area contributed by atoms with Gasteiger partial charge in [0, 0.05) is 10.0 Å². The maximum atomic E-state index is 13.3. The molecule has 0 aliphatic carbocycles. The summed E-state index contributed by atoms with van der Waals surface area (Å²) in [6.07, 6.45) is 0. The van der Waals surface area contributed by atoms with Gasteiger partial charge in [-0.15, -0.1) is 0 Å². The van der Waals surface area contributed by atoms with Crippen LogP contribution in [0.5, 0.6) is 5.75 Å². The third-order valence-electron chi connectivity index (χ3n) is 2.85. The van der Waals surface area contributed by atoms with Crippen LogP contribution in [0.25, 0.3) is 0 Å². The zero-order chi connectivity index (χ0) is 15.4. The SMILES string of the molecule is COc1ccc(Br)c(COC(=O)c2ccc(N)c(F)c2)c1. The summed E-state index contributed by atoms with van der Waals surface area (Å²) in [5.74, 6) is -0.613. The van der Waals surface area contributed by atoms with Crippen molar-refractivity contribution >= 4 is 27.6 Å². The average molecular weight is 354 g/mol. The van der Waals surface area contributed by atoms with E-state index in [1.807, 2.05) is 0 Å². The van der Waals surface area contributed by atoms with Gasteiger partial charge < -0.3 is 15.2 Å². The minimum absolute atomic E-state index is 0.0120. The molecule has 0 heterocycles. The Hall–Kier alpha value is -2.08. The van der Waals surface area contributed by atoms with E-state index in [0.717, 1.165) is 16.1 Å². The third kappa shape index (κ3) is 3.72. The van der Waals surface area contributed by atoms with Crippen LogP contribution in [0.15, 0.2) is 40.9 Å². The molecule has 0 saturated carbocycles. The van der Waals surface area contributed by atoms with Crippen molar-refractivity contribution in [3.8, 4) is 5.75 Å². The number of carbonyl (C=O) groups is 1. The van der Waals surface area contributed by atoms with Crippen LogP contribution in [-0.4, -0.2) is 13.1 Å². The summed E-state index contributed by atoms with van der Waals surface area (Å²) in [4.78, 5) is 11.9. The van der Waals surface area contributed by atoms with E-state index >= 15 is 0 Å². The van der Waals surface area contributed by atoms with E-state index in [2.05, 4.69) is 15.9 Å². The molecule has 2 N–H and O–H groups in total. The van der Waals surface area contributed by atoms with Crippen LogP contribution in [0.4, 0.5) is 10.1 Å². The predicted octanol–water partition coefficient (Wildman–Crippen LogP) is 3.54. The Balaban J connectivity index is 2.08. The van der Waals surface area contributed by atoms with Crippen LogP contribution in [-0.2, 0) is 11.3 Å². The van der Waals surface area contributed by atoms with Crippen molar-refractivity contribution in [2.24, 2.45) is 0 Å². The van der Waals surface area contributed by atoms with Crippen LogP contribution in [0.2, 0.25) is 0 Å². The Morgan fingerprint density at radius 3 is 2.71 bits per heavy atom. The molecule has 0 radical (unpaired) electrons. The minimum Gasteiger partial charge on any atom is -0.497 e. The lowest BCUT2D eigenvalue weighted by Crippen LogP contribution is -2.07. The minimum atomic E-state index is -0.646. The number of nitrogens with two attached hydrogens (primary N) is 1. The van der Waals surface area contributed by atoms with E-state index in [4.69, 9.17) is 15.2 Å². The monoisotopic (exact) mass is 353 g/mol. The molecule has 0 bridgehead atoms. The lowest BCUT2D eigenvalue weighted by atomic mass is 10.2. The highest BCUT2D eigenvalue weighted by Crippen LogP contribution is 2.23. The van der Waals surface area contributed by atoms with Gasteiger partial charge in [0.2, 0.25) is 0 Å². The topological polar surface area (TPSA) is 61.5 Å². The normalized spacial score (nSPS) is 10.2. The number of rotatable bonds is 4. The van der Waals surface area contributed by atoms with Gasteiger partial charge in [0.25, 0.3) is 0 Å². The molecule has 0 aliphatic heterocycles. The van der Waals surface area contributed by atoms with E-state index < -0.39 is 11.8 Å². The van der Waals surface area contributed by atoms with Gasteiger partial charge in [-0.05, 0) is 36.4 Å². The number of hydrogen-bond donors (Lipinski definition) is 1. The number of halogens is 2. The first-order valence-corrected chi connectivity index (χ1v) is 6.85. The first-order valence-electron chi connectivity index (χ1n) is 6.06. The molecule has 0 amide bonds. The van der Waals surface area contributed by atoms with E-state index in [0.29, 0.717) is 5.75 Å².